The molecule has 1 amide bonds. The van der Waals surface area contributed by atoms with Crippen LogP contribution in [0.1, 0.15) is 12.3 Å². The van der Waals surface area contributed by atoms with Gasteiger partial charge in [0.25, 0.3) is 0 Å². The second-order valence-electron chi connectivity index (χ2n) is 5.32. The standard InChI is InChI=1S/C17H13N5O3S/c23-14(20-17-19-12(10-26-17)13-4-2-8-24-13)5-6-15-21-16(22-25-15)11-3-1-7-18-9-11/h1-4,7-10H,5-6H2,(H,19,20,23). The number of carbonyl (C=O) groups is 1. The second-order valence-corrected chi connectivity index (χ2v) is 6.17. The van der Waals surface area contributed by atoms with Crippen molar-refractivity contribution >= 4 is 22.4 Å². The highest BCUT2D eigenvalue weighted by molar-refractivity contribution is 7.14. The van der Waals surface area contributed by atoms with Crippen LogP contribution in [0.3, 0.4) is 0 Å². The van der Waals surface area contributed by atoms with E-state index >= 15 is 0 Å². The number of rotatable bonds is 6. The first kappa shape index (κ1) is 16.2. The smallest absolute Gasteiger partial charge is 0.227 e. The van der Waals surface area contributed by atoms with E-state index in [1.54, 1.807) is 30.8 Å². The van der Waals surface area contributed by atoms with Gasteiger partial charge in [-0.25, -0.2) is 4.98 Å². The number of aryl methyl sites for hydroxylation is 1. The molecule has 0 fully saturated rings. The molecule has 0 unspecified atom stereocenters. The molecule has 0 aliphatic heterocycles. The number of hydrogen-bond donors (Lipinski definition) is 1. The summed E-state index contributed by atoms with van der Waals surface area (Å²) in [6.07, 6.45) is 5.46. The first-order chi connectivity index (χ1) is 12.8. The van der Waals surface area contributed by atoms with E-state index in [-0.39, 0.29) is 12.3 Å². The molecule has 0 radical (unpaired) electrons. The van der Waals surface area contributed by atoms with Gasteiger partial charge in [0.05, 0.1) is 6.26 Å². The van der Waals surface area contributed by atoms with Crippen LogP contribution in [0.2, 0.25) is 0 Å². The van der Waals surface area contributed by atoms with Gasteiger partial charge in [-0.3, -0.25) is 9.78 Å². The molecule has 1 N–H and O–H groups in total. The normalized spacial score (nSPS) is 10.8. The van der Waals surface area contributed by atoms with Crippen LogP contribution in [0.25, 0.3) is 22.8 Å². The van der Waals surface area contributed by atoms with Gasteiger partial charge in [-0.05, 0) is 24.3 Å². The number of pyridine rings is 1. The van der Waals surface area contributed by atoms with Crippen molar-refractivity contribution in [2.75, 3.05) is 5.32 Å². The lowest BCUT2D eigenvalue weighted by Crippen LogP contribution is -2.12. The van der Waals surface area contributed by atoms with E-state index in [1.807, 2.05) is 17.5 Å². The largest absolute Gasteiger partial charge is 0.463 e. The number of nitrogens with zero attached hydrogens (tertiary/aromatic N) is 4. The van der Waals surface area contributed by atoms with Gasteiger partial charge in [0, 0.05) is 36.2 Å². The molecule has 4 aromatic heterocycles. The van der Waals surface area contributed by atoms with Crippen molar-refractivity contribution in [2.24, 2.45) is 0 Å². The summed E-state index contributed by atoms with van der Waals surface area (Å²) in [5.74, 6) is 1.34. The quantitative estimate of drug-likeness (QED) is 0.556. The summed E-state index contributed by atoms with van der Waals surface area (Å²) >= 11 is 1.34. The molecule has 26 heavy (non-hydrogen) atoms. The predicted molar refractivity (Wildman–Crippen MR) is 94.3 cm³/mol. The van der Waals surface area contributed by atoms with Crippen molar-refractivity contribution in [1.29, 1.82) is 0 Å². The molecule has 9 heteroatoms. The molecule has 0 spiro atoms. The van der Waals surface area contributed by atoms with Gasteiger partial charge in [0.1, 0.15) is 5.69 Å². The fourth-order valence-electron chi connectivity index (χ4n) is 2.24. The van der Waals surface area contributed by atoms with Gasteiger partial charge < -0.3 is 14.3 Å². The van der Waals surface area contributed by atoms with Crippen LogP contribution in [-0.4, -0.2) is 26.0 Å². The lowest BCUT2D eigenvalue weighted by Gasteiger charge is -1.99. The van der Waals surface area contributed by atoms with Crippen LogP contribution >= 0.6 is 11.3 Å². The monoisotopic (exact) mass is 367 g/mol. The number of carbonyl (C=O) groups excluding carboxylic acids is 1. The Labute approximate surface area is 151 Å². The predicted octanol–water partition coefficient (Wildman–Crippen LogP) is 3.42. The summed E-state index contributed by atoms with van der Waals surface area (Å²) < 4.78 is 10.5. The van der Waals surface area contributed by atoms with Crippen molar-refractivity contribution in [1.82, 2.24) is 20.1 Å². The van der Waals surface area contributed by atoms with Crippen LogP contribution in [0, 0.1) is 0 Å². The minimum Gasteiger partial charge on any atom is -0.463 e. The zero-order valence-electron chi connectivity index (χ0n) is 13.5. The topological polar surface area (TPSA) is 107 Å². The van der Waals surface area contributed by atoms with E-state index in [0.717, 1.165) is 5.56 Å². The Morgan fingerprint density at radius 2 is 2.19 bits per heavy atom. The highest BCUT2D eigenvalue weighted by Gasteiger charge is 2.13. The number of thiazole rings is 1. The van der Waals surface area contributed by atoms with Gasteiger partial charge in [0.2, 0.25) is 17.6 Å². The number of aromatic nitrogens is 4. The van der Waals surface area contributed by atoms with Crippen molar-refractivity contribution in [3.05, 3.63) is 54.2 Å². The Balaban J connectivity index is 1.32. The van der Waals surface area contributed by atoms with Crippen LogP contribution in [0.15, 0.2) is 57.2 Å². The second kappa shape index (κ2) is 7.28. The molecule has 0 aromatic carbocycles. The lowest BCUT2D eigenvalue weighted by molar-refractivity contribution is -0.116. The average Bonchev–Trinajstić information content (AvgIpc) is 3.41. The molecule has 0 saturated heterocycles. The van der Waals surface area contributed by atoms with Crippen molar-refractivity contribution in [2.45, 2.75) is 12.8 Å². The van der Waals surface area contributed by atoms with Crippen LogP contribution in [0.4, 0.5) is 5.13 Å². The van der Waals surface area contributed by atoms with Crippen molar-refractivity contribution in [3.8, 4) is 22.8 Å². The molecule has 0 aliphatic rings. The van der Waals surface area contributed by atoms with Gasteiger partial charge in [0.15, 0.2) is 10.9 Å². The SMILES string of the molecule is O=C(CCc1nc(-c2cccnc2)no1)Nc1nc(-c2ccco2)cs1. The third kappa shape index (κ3) is 3.67. The van der Waals surface area contributed by atoms with Gasteiger partial charge in [-0.2, -0.15) is 4.98 Å². The minimum atomic E-state index is -0.175. The molecule has 130 valence electrons. The number of hydrogen-bond acceptors (Lipinski definition) is 8. The first-order valence-electron chi connectivity index (χ1n) is 7.80. The summed E-state index contributed by atoms with van der Waals surface area (Å²) in [5, 5.41) is 9.00. The molecule has 4 heterocycles. The van der Waals surface area contributed by atoms with Crippen LogP contribution in [-0.2, 0) is 11.2 Å². The number of amides is 1. The Morgan fingerprint density at radius 3 is 3.00 bits per heavy atom. The van der Waals surface area contributed by atoms with Gasteiger partial charge >= 0.3 is 0 Å². The van der Waals surface area contributed by atoms with E-state index in [0.29, 0.717) is 34.7 Å². The third-order valence-electron chi connectivity index (χ3n) is 3.48. The molecule has 0 saturated carbocycles. The third-order valence-corrected chi connectivity index (χ3v) is 4.24. The summed E-state index contributed by atoms with van der Waals surface area (Å²) in [6, 6.07) is 7.24. The molecular weight excluding hydrogens is 354 g/mol. The van der Waals surface area contributed by atoms with E-state index in [1.165, 1.54) is 11.3 Å². The number of nitrogens with one attached hydrogen (secondary N) is 1. The Morgan fingerprint density at radius 1 is 1.23 bits per heavy atom. The Hall–Kier alpha value is -3.33. The molecule has 0 atom stereocenters. The zero-order chi connectivity index (χ0) is 17.8. The Bertz CT molecular complexity index is 995. The van der Waals surface area contributed by atoms with E-state index in [9.17, 15) is 4.79 Å². The molecule has 8 nitrogen and oxygen atoms in total. The summed E-state index contributed by atoms with van der Waals surface area (Å²) in [6.45, 7) is 0. The maximum atomic E-state index is 12.1. The summed E-state index contributed by atoms with van der Waals surface area (Å²) in [5.41, 5.74) is 1.45. The fraction of sp³-hybridized carbons (Fsp3) is 0.118. The highest BCUT2D eigenvalue weighted by Crippen LogP contribution is 2.25. The number of anilines is 1. The van der Waals surface area contributed by atoms with E-state index in [2.05, 4.69) is 25.4 Å². The van der Waals surface area contributed by atoms with Gasteiger partial charge in [-0.1, -0.05) is 5.16 Å². The maximum Gasteiger partial charge on any atom is 0.227 e. The number of furan rings is 1. The molecule has 4 aromatic rings. The summed E-state index contributed by atoms with van der Waals surface area (Å²) in [4.78, 5) is 24.7. The highest BCUT2D eigenvalue weighted by atomic mass is 32.1. The van der Waals surface area contributed by atoms with Gasteiger partial charge in [-0.15, -0.1) is 11.3 Å². The average molecular weight is 367 g/mol. The van der Waals surface area contributed by atoms with E-state index in [4.69, 9.17) is 8.94 Å². The van der Waals surface area contributed by atoms with Crippen molar-refractivity contribution < 1.29 is 13.7 Å². The maximum absolute atomic E-state index is 12.1. The first-order valence-corrected chi connectivity index (χ1v) is 8.68. The molecule has 0 aliphatic carbocycles. The molecule has 4 rings (SSSR count). The zero-order valence-corrected chi connectivity index (χ0v) is 14.3. The molecular formula is C17H13N5O3S. The lowest BCUT2D eigenvalue weighted by atomic mass is 10.2. The van der Waals surface area contributed by atoms with Crippen LogP contribution in [0.5, 0.6) is 0 Å². The Kier molecular flexibility index (Phi) is 4.52. The summed E-state index contributed by atoms with van der Waals surface area (Å²) in [7, 11) is 0. The van der Waals surface area contributed by atoms with E-state index < -0.39 is 0 Å². The van der Waals surface area contributed by atoms with Crippen molar-refractivity contribution in [3.63, 3.8) is 0 Å². The minimum absolute atomic E-state index is 0.175. The molecule has 0 bridgehead atoms. The van der Waals surface area contributed by atoms with Crippen LogP contribution < -0.4 is 5.32 Å². The fourth-order valence-corrected chi connectivity index (χ4v) is 2.96.